The fourth-order valence-electron chi connectivity index (χ4n) is 1.97. The van der Waals surface area contributed by atoms with Crippen molar-refractivity contribution in [3.05, 3.63) is 24.2 Å². The van der Waals surface area contributed by atoms with E-state index in [4.69, 9.17) is 15.9 Å². The average molecular weight is 249 g/mol. The first-order chi connectivity index (χ1) is 8.75. The van der Waals surface area contributed by atoms with Gasteiger partial charge in [0.1, 0.15) is 12.3 Å². The molecule has 0 unspecified atom stereocenters. The van der Waals surface area contributed by atoms with Gasteiger partial charge in [0.2, 0.25) is 5.96 Å². The van der Waals surface area contributed by atoms with Crippen LogP contribution < -0.4 is 11.5 Å². The molecule has 2 rings (SSSR count). The number of nitrogens with two attached hydrogens (primary N) is 2. The van der Waals surface area contributed by atoms with Crippen molar-refractivity contribution in [3.63, 3.8) is 0 Å². The normalized spacial score (nSPS) is 16.7. The molecular weight excluding hydrogens is 230 g/mol. The van der Waals surface area contributed by atoms with Crippen molar-refractivity contribution in [1.29, 1.82) is 0 Å². The number of nitrogens with zero attached hydrogens (tertiary/aromatic N) is 3. The summed E-state index contributed by atoms with van der Waals surface area (Å²) in [6.07, 6.45) is 5.19. The lowest BCUT2D eigenvalue weighted by molar-refractivity contribution is 0.337. The molecule has 6 nitrogen and oxygen atoms in total. The van der Waals surface area contributed by atoms with Crippen molar-refractivity contribution in [2.24, 2.45) is 21.5 Å². The minimum Gasteiger partial charge on any atom is -0.467 e. The highest BCUT2D eigenvalue weighted by Gasteiger charge is 2.14. The SMILES string of the molecule is NC(N)=NC(=NCc1ccco1)N1CCCCC1. The number of rotatable bonds is 2. The van der Waals surface area contributed by atoms with Crippen LogP contribution in [0.4, 0.5) is 0 Å². The summed E-state index contributed by atoms with van der Waals surface area (Å²) in [7, 11) is 0. The predicted octanol–water partition coefficient (Wildman–Crippen LogP) is 0.895. The topological polar surface area (TPSA) is 93.1 Å². The second kappa shape index (κ2) is 6.09. The molecule has 1 aromatic rings. The van der Waals surface area contributed by atoms with Crippen LogP contribution in [0.15, 0.2) is 32.8 Å². The zero-order valence-corrected chi connectivity index (χ0v) is 10.4. The van der Waals surface area contributed by atoms with Gasteiger partial charge in [-0.2, -0.15) is 4.99 Å². The lowest BCUT2D eigenvalue weighted by Gasteiger charge is -2.27. The predicted molar refractivity (Wildman–Crippen MR) is 71.1 cm³/mol. The summed E-state index contributed by atoms with van der Waals surface area (Å²) in [5, 5.41) is 0. The molecular formula is C12H19N5O. The van der Waals surface area contributed by atoms with Crippen LogP contribution >= 0.6 is 0 Å². The molecule has 0 aliphatic carbocycles. The fourth-order valence-corrected chi connectivity index (χ4v) is 1.97. The van der Waals surface area contributed by atoms with Gasteiger partial charge in [-0.05, 0) is 31.4 Å². The monoisotopic (exact) mass is 249 g/mol. The molecule has 6 heteroatoms. The van der Waals surface area contributed by atoms with Gasteiger partial charge in [0.05, 0.1) is 6.26 Å². The Labute approximate surface area is 106 Å². The molecule has 1 aliphatic heterocycles. The van der Waals surface area contributed by atoms with Gasteiger partial charge < -0.3 is 20.8 Å². The van der Waals surface area contributed by atoms with E-state index in [0.29, 0.717) is 12.5 Å². The number of hydrogen-bond donors (Lipinski definition) is 2. The van der Waals surface area contributed by atoms with Crippen LogP contribution in [0.25, 0.3) is 0 Å². The number of hydrogen-bond acceptors (Lipinski definition) is 2. The summed E-state index contributed by atoms with van der Waals surface area (Å²) in [5.74, 6) is 1.44. The van der Waals surface area contributed by atoms with Crippen molar-refractivity contribution < 1.29 is 4.42 Å². The van der Waals surface area contributed by atoms with Crippen molar-refractivity contribution in [2.45, 2.75) is 25.8 Å². The number of furan rings is 1. The zero-order valence-electron chi connectivity index (χ0n) is 10.4. The van der Waals surface area contributed by atoms with Gasteiger partial charge in [0.15, 0.2) is 5.96 Å². The molecule has 0 spiro atoms. The Morgan fingerprint density at radius 1 is 1.28 bits per heavy atom. The van der Waals surface area contributed by atoms with E-state index in [-0.39, 0.29) is 5.96 Å². The van der Waals surface area contributed by atoms with E-state index in [9.17, 15) is 0 Å². The largest absolute Gasteiger partial charge is 0.467 e. The van der Waals surface area contributed by atoms with E-state index in [1.54, 1.807) is 6.26 Å². The van der Waals surface area contributed by atoms with Crippen molar-refractivity contribution in [1.82, 2.24) is 4.90 Å². The summed E-state index contributed by atoms with van der Waals surface area (Å²) in [4.78, 5) is 10.7. The smallest absolute Gasteiger partial charge is 0.224 e. The van der Waals surface area contributed by atoms with Crippen LogP contribution in [0.1, 0.15) is 25.0 Å². The molecule has 1 saturated heterocycles. The molecule has 2 heterocycles. The van der Waals surface area contributed by atoms with E-state index in [2.05, 4.69) is 14.9 Å². The van der Waals surface area contributed by atoms with Gasteiger partial charge in [-0.3, -0.25) is 0 Å². The summed E-state index contributed by atoms with van der Waals surface area (Å²) in [6.45, 7) is 2.36. The molecule has 0 aromatic carbocycles. The molecule has 0 saturated carbocycles. The lowest BCUT2D eigenvalue weighted by Crippen LogP contribution is -2.37. The highest BCUT2D eigenvalue weighted by atomic mass is 16.3. The van der Waals surface area contributed by atoms with Gasteiger partial charge in [-0.1, -0.05) is 0 Å². The fraction of sp³-hybridized carbons (Fsp3) is 0.500. The van der Waals surface area contributed by atoms with E-state index >= 15 is 0 Å². The van der Waals surface area contributed by atoms with Crippen LogP contribution in [-0.2, 0) is 6.54 Å². The third-order valence-corrected chi connectivity index (χ3v) is 2.82. The maximum Gasteiger partial charge on any atom is 0.224 e. The highest BCUT2D eigenvalue weighted by Crippen LogP contribution is 2.11. The molecule has 0 amide bonds. The number of piperidine rings is 1. The molecule has 1 aliphatic rings. The average Bonchev–Trinajstić information content (AvgIpc) is 2.88. The summed E-state index contributed by atoms with van der Waals surface area (Å²) < 4.78 is 5.24. The second-order valence-electron chi connectivity index (χ2n) is 4.28. The zero-order chi connectivity index (χ0) is 12.8. The Morgan fingerprint density at radius 2 is 2.06 bits per heavy atom. The summed E-state index contributed by atoms with van der Waals surface area (Å²) >= 11 is 0. The van der Waals surface area contributed by atoms with Crippen LogP contribution in [0, 0.1) is 0 Å². The molecule has 0 radical (unpaired) electrons. The van der Waals surface area contributed by atoms with Gasteiger partial charge in [0, 0.05) is 13.1 Å². The molecule has 0 atom stereocenters. The first-order valence-electron chi connectivity index (χ1n) is 6.17. The Morgan fingerprint density at radius 3 is 2.67 bits per heavy atom. The summed E-state index contributed by atoms with van der Waals surface area (Å²) in [5.41, 5.74) is 10.9. The third kappa shape index (κ3) is 3.51. The molecule has 4 N–H and O–H groups in total. The Balaban J connectivity index is 2.08. The first kappa shape index (κ1) is 12.5. The maximum absolute atomic E-state index is 5.45. The van der Waals surface area contributed by atoms with E-state index in [1.165, 1.54) is 6.42 Å². The molecule has 0 bridgehead atoms. The molecule has 1 fully saturated rings. The van der Waals surface area contributed by atoms with Crippen LogP contribution in [0.5, 0.6) is 0 Å². The van der Waals surface area contributed by atoms with E-state index < -0.39 is 0 Å². The molecule has 18 heavy (non-hydrogen) atoms. The van der Waals surface area contributed by atoms with Crippen LogP contribution in [-0.4, -0.2) is 29.9 Å². The van der Waals surface area contributed by atoms with Crippen molar-refractivity contribution in [3.8, 4) is 0 Å². The quantitative estimate of drug-likeness (QED) is 0.601. The Bertz CT molecular complexity index is 414. The van der Waals surface area contributed by atoms with Crippen molar-refractivity contribution >= 4 is 11.9 Å². The lowest BCUT2D eigenvalue weighted by atomic mass is 10.1. The van der Waals surface area contributed by atoms with Crippen LogP contribution in [0.3, 0.4) is 0 Å². The van der Waals surface area contributed by atoms with E-state index in [1.807, 2.05) is 12.1 Å². The van der Waals surface area contributed by atoms with Crippen LogP contribution in [0.2, 0.25) is 0 Å². The molecule has 98 valence electrons. The van der Waals surface area contributed by atoms with Crippen molar-refractivity contribution in [2.75, 3.05) is 13.1 Å². The van der Waals surface area contributed by atoms with Gasteiger partial charge in [0.25, 0.3) is 0 Å². The maximum atomic E-state index is 5.45. The Kier molecular flexibility index (Phi) is 4.22. The Hall–Kier alpha value is -1.98. The minimum absolute atomic E-state index is 0.0405. The standard InChI is InChI=1S/C12H19N5O/c13-11(14)16-12(17-6-2-1-3-7-17)15-9-10-5-4-8-18-10/h4-5,8H,1-3,6-7,9H2,(H4,13,14,15,16). The molecule has 1 aromatic heterocycles. The third-order valence-electron chi connectivity index (χ3n) is 2.82. The number of likely N-dealkylation sites (tertiary alicyclic amines) is 1. The second-order valence-corrected chi connectivity index (χ2v) is 4.28. The minimum atomic E-state index is 0.0405. The van der Waals surface area contributed by atoms with Gasteiger partial charge in [-0.15, -0.1) is 0 Å². The van der Waals surface area contributed by atoms with E-state index in [0.717, 1.165) is 31.7 Å². The van der Waals surface area contributed by atoms with Gasteiger partial charge in [-0.25, -0.2) is 4.99 Å². The highest BCUT2D eigenvalue weighted by molar-refractivity contribution is 5.93. The van der Waals surface area contributed by atoms with Gasteiger partial charge >= 0.3 is 0 Å². The summed E-state index contributed by atoms with van der Waals surface area (Å²) in [6, 6.07) is 3.72. The number of guanidine groups is 2. The number of aliphatic imine (C=N–C) groups is 2. The first-order valence-corrected chi connectivity index (χ1v) is 6.17.